The van der Waals surface area contributed by atoms with Crippen molar-refractivity contribution in [3.05, 3.63) is 29.8 Å². The van der Waals surface area contributed by atoms with Gasteiger partial charge in [0.15, 0.2) is 11.6 Å². The van der Waals surface area contributed by atoms with Gasteiger partial charge in [-0.1, -0.05) is 19.9 Å². The van der Waals surface area contributed by atoms with Crippen LogP contribution in [0.2, 0.25) is 0 Å². The lowest BCUT2D eigenvalue weighted by atomic mass is 10.1. The number of imide groups is 1. The number of anilines is 1. The molecule has 1 unspecified atom stereocenters. The van der Waals surface area contributed by atoms with Crippen molar-refractivity contribution in [2.45, 2.75) is 45.2 Å². The van der Waals surface area contributed by atoms with Gasteiger partial charge in [-0.2, -0.15) is 0 Å². The Morgan fingerprint density at radius 3 is 2.57 bits per heavy atom. The minimum Gasteiger partial charge on any atom is -0.371 e. The second kappa shape index (κ2) is 6.20. The Labute approximate surface area is 122 Å². The van der Waals surface area contributed by atoms with Crippen LogP contribution >= 0.6 is 0 Å². The smallest absolute Gasteiger partial charge is 0.252 e. The molecule has 0 bridgehead atoms. The fourth-order valence-corrected chi connectivity index (χ4v) is 2.60. The molecule has 4 nitrogen and oxygen atoms in total. The van der Waals surface area contributed by atoms with E-state index in [9.17, 15) is 18.4 Å². The third-order valence-electron chi connectivity index (χ3n) is 3.77. The molecule has 1 aliphatic rings. The quantitative estimate of drug-likeness (QED) is 0.850. The van der Waals surface area contributed by atoms with Crippen molar-refractivity contribution in [3.63, 3.8) is 0 Å². The van der Waals surface area contributed by atoms with Crippen LogP contribution < -0.4 is 5.32 Å². The summed E-state index contributed by atoms with van der Waals surface area (Å²) in [6.45, 7) is 3.81. The Kier molecular flexibility index (Phi) is 4.55. The summed E-state index contributed by atoms with van der Waals surface area (Å²) in [6.07, 6.45) is 1.31. The summed E-state index contributed by atoms with van der Waals surface area (Å²) >= 11 is 0. The van der Waals surface area contributed by atoms with E-state index < -0.39 is 17.7 Å². The molecule has 114 valence electrons. The average Bonchev–Trinajstić information content (AvgIpc) is 2.73. The molecule has 21 heavy (non-hydrogen) atoms. The molecule has 0 aromatic heterocycles. The van der Waals surface area contributed by atoms with Crippen molar-refractivity contribution in [2.75, 3.05) is 5.32 Å². The van der Waals surface area contributed by atoms with Gasteiger partial charge in [-0.25, -0.2) is 8.78 Å². The summed E-state index contributed by atoms with van der Waals surface area (Å²) in [5.41, 5.74) is -0.104. The van der Waals surface area contributed by atoms with E-state index in [1.54, 1.807) is 0 Å². The number of nitrogens with zero attached hydrogens (tertiary/aromatic N) is 1. The highest BCUT2D eigenvalue weighted by Crippen LogP contribution is 2.24. The van der Waals surface area contributed by atoms with Crippen LogP contribution in [0.5, 0.6) is 0 Å². The van der Waals surface area contributed by atoms with Crippen LogP contribution in [0.25, 0.3) is 0 Å². The van der Waals surface area contributed by atoms with Gasteiger partial charge >= 0.3 is 0 Å². The molecule has 0 aliphatic carbocycles. The Bertz CT molecular complexity index is 559. The fourth-order valence-electron chi connectivity index (χ4n) is 2.60. The number of hydrogen-bond donors (Lipinski definition) is 1. The van der Waals surface area contributed by atoms with E-state index in [2.05, 4.69) is 5.32 Å². The molecular weight excluding hydrogens is 278 g/mol. The zero-order valence-corrected chi connectivity index (χ0v) is 12.0. The summed E-state index contributed by atoms with van der Waals surface area (Å²) in [7, 11) is 0. The van der Waals surface area contributed by atoms with Crippen molar-refractivity contribution >= 4 is 17.5 Å². The van der Waals surface area contributed by atoms with Crippen molar-refractivity contribution in [1.82, 2.24) is 4.90 Å². The lowest BCUT2D eigenvalue weighted by molar-refractivity contribution is -0.141. The van der Waals surface area contributed by atoms with Crippen LogP contribution in [0.4, 0.5) is 14.5 Å². The number of likely N-dealkylation sites (tertiary alicyclic amines) is 1. The van der Waals surface area contributed by atoms with E-state index in [1.165, 1.54) is 17.0 Å². The maximum Gasteiger partial charge on any atom is 0.252 e. The molecule has 0 radical (unpaired) electrons. The predicted molar refractivity (Wildman–Crippen MR) is 74.6 cm³/mol. The molecule has 2 rings (SSSR count). The molecule has 2 amide bonds. The van der Waals surface area contributed by atoms with Crippen molar-refractivity contribution < 1.29 is 18.4 Å². The van der Waals surface area contributed by atoms with E-state index in [0.29, 0.717) is 12.8 Å². The van der Waals surface area contributed by atoms with Crippen LogP contribution in [-0.4, -0.2) is 28.8 Å². The number of carbonyl (C=O) groups excluding carboxylic acids is 2. The number of hydrogen-bond acceptors (Lipinski definition) is 3. The molecular formula is C15H18F2N2O2. The monoisotopic (exact) mass is 296 g/mol. The van der Waals surface area contributed by atoms with Gasteiger partial charge in [-0.05, 0) is 25.0 Å². The summed E-state index contributed by atoms with van der Waals surface area (Å²) in [4.78, 5) is 25.5. The number of nitrogens with one attached hydrogen (secondary N) is 1. The molecule has 0 spiro atoms. The SMILES string of the molecule is CCC(CC)N1C(=O)CC(Nc2cccc(F)c2F)C1=O. The molecule has 1 heterocycles. The van der Waals surface area contributed by atoms with Crippen LogP contribution in [0, 0.1) is 11.6 Å². The van der Waals surface area contributed by atoms with Crippen LogP contribution in [0.3, 0.4) is 0 Å². The molecule has 1 saturated heterocycles. The van der Waals surface area contributed by atoms with E-state index in [-0.39, 0.29) is 30.0 Å². The molecule has 1 aromatic rings. The van der Waals surface area contributed by atoms with E-state index in [4.69, 9.17) is 0 Å². The largest absolute Gasteiger partial charge is 0.371 e. The second-order valence-electron chi connectivity index (χ2n) is 5.07. The Balaban J connectivity index is 2.18. The van der Waals surface area contributed by atoms with Crippen LogP contribution in [0.15, 0.2) is 18.2 Å². The highest BCUT2D eigenvalue weighted by molar-refractivity contribution is 6.07. The van der Waals surface area contributed by atoms with Gasteiger partial charge < -0.3 is 5.32 Å². The normalized spacial score (nSPS) is 18.7. The van der Waals surface area contributed by atoms with Crippen molar-refractivity contribution in [3.8, 4) is 0 Å². The lowest BCUT2D eigenvalue weighted by Crippen LogP contribution is -2.41. The number of benzene rings is 1. The highest BCUT2D eigenvalue weighted by Gasteiger charge is 2.41. The van der Waals surface area contributed by atoms with Gasteiger partial charge in [-0.15, -0.1) is 0 Å². The van der Waals surface area contributed by atoms with Crippen molar-refractivity contribution in [1.29, 1.82) is 0 Å². The first-order chi connectivity index (χ1) is 9.99. The maximum absolute atomic E-state index is 13.6. The zero-order valence-electron chi connectivity index (χ0n) is 12.0. The number of carbonyl (C=O) groups is 2. The predicted octanol–water partition coefficient (Wildman–Crippen LogP) is 2.69. The highest BCUT2D eigenvalue weighted by atomic mass is 19.2. The number of rotatable bonds is 5. The van der Waals surface area contributed by atoms with E-state index in [0.717, 1.165) is 6.07 Å². The zero-order chi connectivity index (χ0) is 15.6. The molecule has 1 aromatic carbocycles. The minimum atomic E-state index is -1.04. The average molecular weight is 296 g/mol. The minimum absolute atomic E-state index is 0.0364. The van der Waals surface area contributed by atoms with Gasteiger partial charge in [0, 0.05) is 6.04 Å². The van der Waals surface area contributed by atoms with Gasteiger partial charge in [0.2, 0.25) is 5.91 Å². The maximum atomic E-state index is 13.6. The topological polar surface area (TPSA) is 49.4 Å². The number of amides is 2. The molecule has 1 fully saturated rings. The standard InChI is InChI=1S/C15H18F2N2O2/c1-3-9(4-2)19-13(20)8-12(15(19)21)18-11-7-5-6-10(16)14(11)17/h5-7,9,12,18H,3-4,8H2,1-2H3. The lowest BCUT2D eigenvalue weighted by Gasteiger charge is -2.24. The number of halogens is 2. The van der Waals surface area contributed by atoms with Gasteiger partial charge in [0.05, 0.1) is 12.1 Å². The van der Waals surface area contributed by atoms with Gasteiger partial charge in [0.25, 0.3) is 5.91 Å². The Morgan fingerprint density at radius 2 is 1.95 bits per heavy atom. The van der Waals surface area contributed by atoms with E-state index in [1.807, 2.05) is 13.8 Å². The molecule has 6 heteroatoms. The summed E-state index contributed by atoms with van der Waals surface area (Å²) < 4.78 is 26.8. The molecule has 1 atom stereocenters. The Morgan fingerprint density at radius 1 is 1.29 bits per heavy atom. The summed E-state index contributed by atoms with van der Waals surface area (Å²) in [5, 5.41) is 2.64. The van der Waals surface area contributed by atoms with E-state index >= 15 is 0 Å². The third-order valence-corrected chi connectivity index (χ3v) is 3.77. The van der Waals surface area contributed by atoms with Gasteiger partial charge in [0.1, 0.15) is 6.04 Å². The first-order valence-corrected chi connectivity index (χ1v) is 7.06. The summed E-state index contributed by atoms with van der Waals surface area (Å²) in [6, 6.07) is 2.71. The fraction of sp³-hybridized carbons (Fsp3) is 0.467. The third kappa shape index (κ3) is 2.89. The first kappa shape index (κ1) is 15.4. The second-order valence-corrected chi connectivity index (χ2v) is 5.07. The van der Waals surface area contributed by atoms with Gasteiger partial charge in [-0.3, -0.25) is 14.5 Å². The van der Waals surface area contributed by atoms with Crippen LogP contribution in [-0.2, 0) is 9.59 Å². The molecule has 1 N–H and O–H groups in total. The molecule has 1 aliphatic heterocycles. The summed E-state index contributed by atoms with van der Waals surface area (Å²) in [5.74, 6) is -2.69. The first-order valence-electron chi connectivity index (χ1n) is 7.06. The van der Waals surface area contributed by atoms with Crippen LogP contribution in [0.1, 0.15) is 33.1 Å². The Hall–Kier alpha value is -1.98. The van der Waals surface area contributed by atoms with Crippen molar-refractivity contribution in [2.24, 2.45) is 0 Å². The molecule has 0 saturated carbocycles.